The van der Waals surface area contributed by atoms with Crippen molar-refractivity contribution in [1.82, 2.24) is 4.90 Å². The standard InChI is InChI=1S/C14H17F3N2O/c15-11-7-9(8-12(16)13(11)17)14(20)19-6-2-4-10(19)3-1-5-18/h7-8,10H,1-6,18H2. The summed E-state index contributed by atoms with van der Waals surface area (Å²) in [5, 5.41) is 0. The minimum Gasteiger partial charge on any atom is -0.336 e. The van der Waals surface area contributed by atoms with Gasteiger partial charge in [0, 0.05) is 18.2 Å². The number of carbonyl (C=O) groups excluding carboxylic acids is 1. The van der Waals surface area contributed by atoms with Crippen LogP contribution in [0.3, 0.4) is 0 Å². The number of likely N-dealkylation sites (tertiary alicyclic amines) is 1. The van der Waals surface area contributed by atoms with Gasteiger partial charge in [0.1, 0.15) is 0 Å². The SMILES string of the molecule is NCCCC1CCCN1C(=O)c1cc(F)c(F)c(F)c1. The van der Waals surface area contributed by atoms with Crippen LogP contribution in [0.5, 0.6) is 0 Å². The first-order valence-electron chi connectivity index (χ1n) is 6.70. The van der Waals surface area contributed by atoms with E-state index in [-0.39, 0.29) is 11.6 Å². The van der Waals surface area contributed by atoms with Gasteiger partial charge < -0.3 is 10.6 Å². The van der Waals surface area contributed by atoms with Gasteiger partial charge in [-0.15, -0.1) is 0 Å². The lowest BCUT2D eigenvalue weighted by Crippen LogP contribution is -2.36. The van der Waals surface area contributed by atoms with Crippen LogP contribution < -0.4 is 5.73 Å². The zero-order valence-corrected chi connectivity index (χ0v) is 11.0. The minimum absolute atomic E-state index is 0.0437. The maximum atomic E-state index is 13.2. The lowest BCUT2D eigenvalue weighted by molar-refractivity contribution is 0.0728. The van der Waals surface area contributed by atoms with E-state index in [9.17, 15) is 18.0 Å². The Morgan fingerprint density at radius 2 is 1.95 bits per heavy atom. The molecule has 2 N–H and O–H groups in total. The topological polar surface area (TPSA) is 46.3 Å². The molecule has 1 aromatic rings. The highest BCUT2D eigenvalue weighted by atomic mass is 19.2. The molecule has 0 aromatic heterocycles. The highest BCUT2D eigenvalue weighted by Crippen LogP contribution is 2.24. The van der Waals surface area contributed by atoms with Crippen molar-refractivity contribution in [3.05, 3.63) is 35.1 Å². The maximum Gasteiger partial charge on any atom is 0.254 e. The third-order valence-corrected chi connectivity index (χ3v) is 3.61. The third-order valence-electron chi connectivity index (χ3n) is 3.61. The number of nitrogens with two attached hydrogens (primary N) is 1. The van der Waals surface area contributed by atoms with Crippen molar-refractivity contribution >= 4 is 5.91 Å². The fourth-order valence-corrected chi connectivity index (χ4v) is 2.60. The molecule has 1 heterocycles. The Morgan fingerprint density at radius 1 is 1.30 bits per heavy atom. The molecule has 0 aliphatic carbocycles. The van der Waals surface area contributed by atoms with Crippen molar-refractivity contribution in [2.45, 2.75) is 31.7 Å². The van der Waals surface area contributed by atoms with Gasteiger partial charge in [-0.2, -0.15) is 0 Å². The number of halogens is 3. The Kier molecular flexibility index (Phi) is 4.65. The molecular formula is C14H17F3N2O. The monoisotopic (exact) mass is 286 g/mol. The van der Waals surface area contributed by atoms with Crippen LogP contribution in [0.25, 0.3) is 0 Å². The van der Waals surface area contributed by atoms with Crippen molar-refractivity contribution < 1.29 is 18.0 Å². The van der Waals surface area contributed by atoms with Crippen LogP contribution in [0.1, 0.15) is 36.0 Å². The molecule has 3 nitrogen and oxygen atoms in total. The zero-order chi connectivity index (χ0) is 14.7. The number of hydrogen-bond donors (Lipinski definition) is 1. The van der Waals surface area contributed by atoms with E-state index in [0.717, 1.165) is 37.8 Å². The van der Waals surface area contributed by atoms with Crippen LogP contribution in [0.2, 0.25) is 0 Å². The van der Waals surface area contributed by atoms with Gasteiger partial charge in [0.25, 0.3) is 5.91 Å². The number of carbonyl (C=O) groups is 1. The van der Waals surface area contributed by atoms with E-state index >= 15 is 0 Å². The summed E-state index contributed by atoms with van der Waals surface area (Å²) in [7, 11) is 0. The molecule has 1 amide bonds. The fraction of sp³-hybridized carbons (Fsp3) is 0.500. The summed E-state index contributed by atoms with van der Waals surface area (Å²) in [6.07, 6.45) is 3.28. The lowest BCUT2D eigenvalue weighted by Gasteiger charge is -2.24. The zero-order valence-electron chi connectivity index (χ0n) is 11.0. The summed E-state index contributed by atoms with van der Waals surface area (Å²) in [6, 6.07) is 1.54. The van der Waals surface area contributed by atoms with E-state index in [2.05, 4.69) is 0 Å². The van der Waals surface area contributed by atoms with Gasteiger partial charge in [-0.05, 0) is 44.4 Å². The molecule has 1 fully saturated rings. The quantitative estimate of drug-likeness (QED) is 0.864. The average molecular weight is 286 g/mol. The van der Waals surface area contributed by atoms with E-state index in [1.807, 2.05) is 0 Å². The number of amides is 1. The van der Waals surface area contributed by atoms with Crippen LogP contribution >= 0.6 is 0 Å². The molecule has 20 heavy (non-hydrogen) atoms. The molecule has 6 heteroatoms. The van der Waals surface area contributed by atoms with Crippen LogP contribution in [-0.2, 0) is 0 Å². The largest absolute Gasteiger partial charge is 0.336 e. The molecule has 1 saturated heterocycles. The Morgan fingerprint density at radius 3 is 2.55 bits per heavy atom. The van der Waals surface area contributed by atoms with E-state index in [1.165, 1.54) is 0 Å². The molecule has 0 spiro atoms. The molecule has 0 bridgehead atoms. The number of rotatable bonds is 4. The van der Waals surface area contributed by atoms with Gasteiger partial charge in [0.15, 0.2) is 17.5 Å². The van der Waals surface area contributed by atoms with Gasteiger partial charge in [0.05, 0.1) is 0 Å². The number of benzene rings is 1. The fourth-order valence-electron chi connectivity index (χ4n) is 2.60. The first kappa shape index (κ1) is 14.8. The van der Waals surface area contributed by atoms with Gasteiger partial charge in [-0.25, -0.2) is 13.2 Å². The smallest absolute Gasteiger partial charge is 0.254 e. The molecule has 0 radical (unpaired) electrons. The second-order valence-electron chi connectivity index (χ2n) is 4.98. The first-order chi connectivity index (χ1) is 9.54. The Bertz CT molecular complexity index is 484. The van der Waals surface area contributed by atoms with E-state index < -0.39 is 23.4 Å². The average Bonchev–Trinajstić information content (AvgIpc) is 2.89. The van der Waals surface area contributed by atoms with Crippen molar-refractivity contribution in [2.75, 3.05) is 13.1 Å². The molecule has 110 valence electrons. The van der Waals surface area contributed by atoms with Gasteiger partial charge in [0.2, 0.25) is 0 Å². The van der Waals surface area contributed by atoms with Crippen molar-refractivity contribution in [2.24, 2.45) is 5.73 Å². The molecular weight excluding hydrogens is 269 g/mol. The second kappa shape index (κ2) is 6.26. The van der Waals surface area contributed by atoms with Crippen molar-refractivity contribution in [3.63, 3.8) is 0 Å². The summed E-state index contributed by atoms with van der Waals surface area (Å²) in [5.41, 5.74) is 5.30. The number of nitrogens with zero attached hydrogens (tertiary/aromatic N) is 1. The highest BCUT2D eigenvalue weighted by molar-refractivity contribution is 5.94. The third kappa shape index (κ3) is 2.95. The summed E-state index contributed by atoms with van der Waals surface area (Å²) >= 11 is 0. The van der Waals surface area contributed by atoms with Gasteiger partial charge >= 0.3 is 0 Å². The van der Waals surface area contributed by atoms with Crippen molar-refractivity contribution in [3.8, 4) is 0 Å². The predicted octanol–water partition coefficient (Wildman–Crippen LogP) is 2.45. The summed E-state index contributed by atoms with van der Waals surface area (Å²) in [6.45, 7) is 1.09. The van der Waals surface area contributed by atoms with E-state index in [0.29, 0.717) is 13.1 Å². The van der Waals surface area contributed by atoms with Crippen LogP contribution in [-0.4, -0.2) is 29.9 Å². The Hall–Kier alpha value is -1.56. The molecule has 1 aliphatic rings. The Balaban J connectivity index is 2.18. The summed E-state index contributed by atoms with van der Waals surface area (Å²) in [4.78, 5) is 13.9. The molecule has 1 aromatic carbocycles. The molecule has 1 unspecified atom stereocenters. The van der Waals surface area contributed by atoms with E-state index in [4.69, 9.17) is 5.73 Å². The summed E-state index contributed by atoms with van der Waals surface area (Å²) < 4.78 is 39.3. The van der Waals surface area contributed by atoms with E-state index in [1.54, 1.807) is 4.90 Å². The van der Waals surface area contributed by atoms with Gasteiger partial charge in [-0.3, -0.25) is 4.79 Å². The molecule has 2 rings (SSSR count). The normalized spacial score (nSPS) is 18.6. The first-order valence-corrected chi connectivity index (χ1v) is 6.70. The summed E-state index contributed by atoms with van der Waals surface area (Å²) in [5.74, 6) is -4.69. The van der Waals surface area contributed by atoms with Gasteiger partial charge in [-0.1, -0.05) is 0 Å². The molecule has 1 aliphatic heterocycles. The Labute approximate surface area is 115 Å². The minimum atomic E-state index is -1.55. The predicted molar refractivity (Wildman–Crippen MR) is 68.7 cm³/mol. The van der Waals surface area contributed by atoms with Crippen LogP contribution in [0, 0.1) is 17.5 Å². The second-order valence-corrected chi connectivity index (χ2v) is 4.98. The van der Waals surface area contributed by atoms with Crippen LogP contribution in [0.15, 0.2) is 12.1 Å². The molecule has 0 saturated carbocycles. The highest BCUT2D eigenvalue weighted by Gasteiger charge is 2.29. The molecule has 1 atom stereocenters. The lowest BCUT2D eigenvalue weighted by atomic mass is 10.1. The van der Waals surface area contributed by atoms with Crippen LogP contribution in [0.4, 0.5) is 13.2 Å². The van der Waals surface area contributed by atoms with Crippen molar-refractivity contribution in [1.29, 1.82) is 0 Å². The maximum absolute atomic E-state index is 13.2. The number of hydrogen-bond acceptors (Lipinski definition) is 2.